The van der Waals surface area contributed by atoms with Gasteiger partial charge in [-0.2, -0.15) is 26.3 Å². The molecule has 0 aliphatic rings. The summed E-state index contributed by atoms with van der Waals surface area (Å²) in [5.74, 6) is 0.138. The van der Waals surface area contributed by atoms with E-state index in [0.29, 0.717) is 12.6 Å². The van der Waals surface area contributed by atoms with E-state index in [4.69, 9.17) is 16.3 Å². The summed E-state index contributed by atoms with van der Waals surface area (Å²) in [5, 5.41) is 3.46. The molecule has 160 valence electrons. The van der Waals surface area contributed by atoms with Crippen LogP contribution in [-0.2, 0) is 25.5 Å². The number of alkyl halides is 6. The molecule has 0 heterocycles. The predicted octanol–water partition coefficient (Wildman–Crippen LogP) is 6.84. The first-order chi connectivity index (χ1) is 13.2. The van der Waals surface area contributed by atoms with Crippen molar-refractivity contribution in [3.8, 4) is 5.75 Å². The van der Waals surface area contributed by atoms with Crippen molar-refractivity contribution < 1.29 is 31.1 Å². The first-order valence-electron chi connectivity index (χ1n) is 8.60. The van der Waals surface area contributed by atoms with Crippen molar-refractivity contribution in [2.75, 3.05) is 0 Å². The molecule has 0 amide bonds. The van der Waals surface area contributed by atoms with Crippen LogP contribution in [0, 0.1) is 0 Å². The Morgan fingerprint density at radius 3 is 2.07 bits per heavy atom. The molecule has 2 rings (SSSR count). The Morgan fingerprint density at radius 1 is 0.897 bits per heavy atom. The van der Waals surface area contributed by atoms with Gasteiger partial charge in [-0.3, -0.25) is 0 Å². The molecule has 0 saturated carbocycles. The van der Waals surface area contributed by atoms with E-state index < -0.39 is 35.6 Å². The lowest BCUT2D eigenvalue weighted by molar-refractivity contribution is -0.143. The quantitative estimate of drug-likeness (QED) is 0.515. The Kier molecular flexibility index (Phi) is 6.79. The minimum absolute atomic E-state index is 0.0849. The molecule has 2 aromatic rings. The first-order valence-corrected chi connectivity index (χ1v) is 8.98. The molecular weight excluding hydrogens is 420 g/mol. The van der Waals surface area contributed by atoms with Gasteiger partial charge in [-0.1, -0.05) is 23.7 Å². The van der Waals surface area contributed by atoms with Crippen molar-refractivity contribution in [2.45, 2.75) is 51.8 Å². The maximum absolute atomic E-state index is 13.2. The molecule has 0 aliphatic carbocycles. The largest absolute Gasteiger partial charge is 0.487 e. The monoisotopic (exact) mass is 439 g/mol. The van der Waals surface area contributed by atoms with Crippen LogP contribution < -0.4 is 10.1 Å². The molecule has 0 atom stereocenters. The summed E-state index contributed by atoms with van der Waals surface area (Å²) in [6.07, 6.45) is -9.83. The van der Waals surface area contributed by atoms with Gasteiger partial charge < -0.3 is 10.1 Å². The highest BCUT2D eigenvalue weighted by Crippen LogP contribution is 2.38. The van der Waals surface area contributed by atoms with E-state index >= 15 is 0 Å². The van der Waals surface area contributed by atoms with Crippen molar-refractivity contribution in [3.63, 3.8) is 0 Å². The van der Waals surface area contributed by atoms with Crippen LogP contribution in [0.2, 0.25) is 5.02 Å². The third kappa shape index (κ3) is 6.82. The summed E-state index contributed by atoms with van der Waals surface area (Å²) >= 11 is 6.14. The molecule has 0 radical (unpaired) electrons. The smallest absolute Gasteiger partial charge is 0.416 e. The molecule has 2 aromatic carbocycles. The van der Waals surface area contributed by atoms with Crippen molar-refractivity contribution in [1.29, 1.82) is 0 Å². The Bertz CT molecular complexity index is 856. The highest BCUT2D eigenvalue weighted by atomic mass is 35.5. The van der Waals surface area contributed by atoms with E-state index in [1.165, 1.54) is 6.07 Å². The van der Waals surface area contributed by atoms with Crippen molar-refractivity contribution in [3.05, 3.63) is 63.7 Å². The summed E-state index contributed by atoms with van der Waals surface area (Å²) in [7, 11) is 0. The van der Waals surface area contributed by atoms with E-state index in [0.717, 1.165) is 11.6 Å². The van der Waals surface area contributed by atoms with Gasteiger partial charge in [-0.15, -0.1) is 0 Å². The lowest BCUT2D eigenvalue weighted by Crippen LogP contribution is -2.35. The fourth-order valence-electron chi connectivity index (χ4n) is 2.44. The number of hydrogen-bond acceptors (Lipinski definition) is 2. The van der Waals surface area contributed by atoms with E-state index in [1.807, 2.05) is 20.8 Å². The van der Waals surface area contributed by atoms with Crippen LogP contribution in [0.1, 0.15) is 43.0 Å². The number of hydrogen-bond donors (Lipinski definition) is 1. The molecule has 1 N–H and O–H groups in total. The topological polar surface area (TPSA) is 21.3 Å². The zero-order valence-corrected chi connectivity index (χ0v) is 16.7. The van der Waals surface area contributed by atoms with Crippen LogP contribution in [0.15, 0.2) is 36.4 Å². The van der Waals surface area contributed by atoms with Crippen molar-refractivity contribution in [1.82, 2.24) is 5.32 Å². The summed E-state index contributed by atoms with van der Waals surface area (Å²) in [5.41, 5.74) is -2.45. The van der Waals surface area contributed by atoms with Gasteiger partial charge in [-0.05, 0) is 50.6 Å². The molecule has 0 unspecified atom stereocenters. The zero-order valence-electron chi connectivity index (χ0n) is 15.9. The molecule has 0 aromatic heterocycles. The Morgan fingerprint density at radius 2 is 1.55 bits per heavy atom. The van der Waals surface area contributed by atoms with Gasteiger partial charge in [0.25, 0.3) is 0 Å². The maximum atomic E-state index is 13.2. The van der Waals surface area contributed by atoms with Crippen LogP contribution >= 0.6 is 11.6 Å². The molecule has 0 saturated heterocycles. The number of halogens is 7. The van der Waals surface area contributed by atoms with Gasteiger partial charge in [0.1, 0.15) is 12.4 Å². The standard InChI is InChI=1S/C20H20ClF6NO/c1-18(2,3)28-10-12-4-7-17(16(21)8-12)29-11-13-5-6-14(19(22,23)24)9-15(13)20(25,26)27/h4-9,28H,10-11H2,1-3H3. The third-order valence-corrected chi connectivity index (χ3v) is 4.24. The first kappa shape index (κ1) is 23.3. The lowest BCUT2D eigenvalue weighted by Gasteiger charge is -2.21. The highest BCUT2D eigenvalue weighted by Gasteiger charge is 2.38. The Labute approximate surface area is 169 Å². The van der Waals surface area contributed by atoms with Gasteiger partial charge in [0, 0.05) is 17.6 Å². The highest BCUT2D eigenvalue weighted by molar-refractivity contribution is 6.32. The summed E-state index contributed by atoms with van der Waals surface area (Å²) in [6, 6.07) is 6.28. The maximum Gasteiger partial charge on any atom is 0.416 e. The zero-order chi connectivity index (χ0) is 22.0. The molecule has 0 aliphatic heterocycles. The number of benzene rings is 2. The normalized spacial score (nSPS) is 12.9. The fourth-order valence-corrected chi connectivity index (χ4v) is 2.69. The SMILES string of the molecule is CC(C)(C)NCc1ccc(OCc2ccc(C(F)(F)F)cc2C(F)(F)F)c(Cl)c1. The van der Waals surface area contributed by atoms with Crippen molar-refractivity contribution in [2.24, 2.45) is 0 Å². The van der Waals surface area contributed by atoms with E-state index in [2.05, 4.69) is 5.32 Å². The van der Waals surface area contributed by atoms with E-state index in [1.54, 1.807) is 12.1 Å². The molecule has 29 heavy (non-hydrogen) atoms. The molecule has 0 bridgehead atoms. The number of rotatable bonds is 5. The molecule has 2 nitrogen and oxygen atoms in total. The van der Waals surface area contributed by atoms with Gasteiger partial charge in [0.05, 0.1) is 16.1 Å². The average Bonchev–Trinajstić information content (AvgIpc) is 2.56. The third-order valence-electron chi connectivity index (χ3n) is 3.94. The summed E-state index contributed by atoms with van der Waals surface area (Å²) in [6.45, 7) is 5.93. The van der Waals surface area contributed by atoms with Gasteiger partial charge >= 0.3 is 12.4 Å². The molecular formula is C20H20ClF6NO. The lowest BCUT2D eigenvalue weighted by atomic mass is 10.0. The average molecular weight is 440 g/mol. The second kappa shape index (κ2) is 8.44. The van der Waals surface area contributed by atoms with Gasteiger partial charge in [-0.25, -0.2) is 0 Å². The van der Waals surface area contributed by atoms with E-state index in [-0.39, 0.29) is 22.4 Å². The second-order valence-corrected chi connectivity index (χ2v) is 7.93. The minimum Gasteiger partial charge on any atom is -0.487 e. The minimum atomic E-state index is -4.95. The van der Waals surface area contributed by atoms with E-state index in [9.17, 15) is 26.3 Å². The summed E-state index contributed by atoms with van der Waals surface area (Å²) < 4.78 is 83.2. The van der Waals surface area contributed by atoms with Crippen LogP contribution in [0.3, 0.4) is 0 Å². The second-order valence-electron chi connectivity index (χ2n) is 7.52. The number of ether oxygens (including phenoxy) is 1. The van der Waals surface area contributed by atoms with Crippen LogP contribution in [0.4, 0.5) is 26.3 Å². The number of nitrogens with one attached hydrogen (secondary N) is 1. The fraction of sp³-hybridized carbons (Fsp3) is 0.400. The summed E-state index contributed by atoms with van der Waals surface area (Å²) in [4.78, 5) is 0. The predicted molar refractivity (Wildman–Crippen MR) is 98.8 cm³/mol. The van der Waals surface area contributed by atoms with Crippen LogP contribution in [0.25, 0.3) is 0 Å². The van der Waals surface area contributed by atoms with Gasteiger partial charge in [0.2, 0.25) is 0 Å². The molecule has 0 spiro atoms. The van der Waals surface area contributed by atoms with Crippen LogP contribution in [0.5, 0.6) is 5.75 Å². The Balaban J connectivity index is 2.19. The van der Waals surface area contributed by atoms with Crippen molar-refractivity contribution >= 4 is 11.6 Å². The van der Waals surface area contributed by atoms with Crippen LogP contribution in [-0.4, -0.2) is 5.54 Å². The Hall–Kier alpha value is -1.93. The van der Waals surface area contributed by atoms with Gasteiger partial charge in [0.15, 0.2) is 0 Å². The molecule has 9 heteroatoms. The molecule has 0 fully saturated rings.